The van der Waals surface area contributed by atoms with Crippen molar-refractivity contribution in [1.29, 1.82) is 0 Å². The van der Waals surface area contributed by atoms with Crippen molar-refractivity contribution in [3.63, 3.8) is 0 Å². The van der Waals surface area contributed by atoms with Gasteiger partial charge in [-0.05, 0) is 19.1 Å². The number of ether oxygens (including phenoxy) is 1. The van der Waals surface area contributed by atoms with Crippen LogP contribution in [0.2, 0.25) is 0 Å². The van der Waals surface area contributed by atoms with Crippen molar-refractivity contribution in [2.75, 3.05) is 18.5 Å². The first-order valence-corrected chi connectivity index (χ1v) is 8.98. The molecular weight excluding hydrogens is 414 g/mol. The molecule has 1 atom stereocenters. The van der Waals surface area contributed by atoms with Crippen LogP contribution in [0.3, 0.4) is 0 Å². The van der Waals surface area contributed by atoms with E-state index >= 15 is 0 Å². The van der Waals surface area contributed by atoms with E-state index in [0.717, 1.165) is 17.1 Å². The molecule has 1 fully saturated rings. The third-order valence-electron chi connectivity index (χ3n) is 4.28. The number of rotatable bonds is 7. The number of esters is 1. The summed E-state index contributed by atoms with van der Waals surface area (Å²) in [6.45, 7) is 0.928. The fraction of sp³-hybridized carbons (Fsp3) is 0.278. The SMILES string of the molecule is Cc1cc(NC(=O)COC(=O)[C@@H]2CC(=O)N(NC(=O)c3ccc([N+](=O)[O-])cc3)C2)no1. The van der Waals surface area contributed by atoms with Gasteiger partial charge in [-0.25, -0.2) is 0 Å². The van der Waals surface area contributed by atoms with Crippen molar-refractivity contribution >= 4 is 35.2 Å². The Balaban J connectivity index is 1.48. The summed E-state index contributed by atoms with van der Waals surface area (Å²) in [4.78, 5) is 58.4. The van der Waals surface area contributed by atoms with E-state index in [-0.39, 0.29) is 30.0 Å². The summed E-state index contributed by atoms with van der Waals surface area (Å²) in [5, 5.41) is 17.6. The lowest BCUT2D eigenvalue weighted by atomic mass is 10.1. The number of aryl methyl sites for hydroxylation is 1. The molecule has 162 valence electrons. The second-order valence-corrected chi connectivity index (χ2v) is 6.63. The van der Waals surface area contributed by atoms with Crippen LogP contribution in [0.25, 0.3) is 0 Å². The van der Waals surface area contributed by atoms with E-state index in [2.05, 4.69) is 15.9 Å². The van der Waals surface area contributed by atoms with Gasteiger partial charge in [0.1, 0.15) is 5.76 Å². The molecule has 1 saturated heterocycles. The molecule has 2 aromatic rings. The van der Waals surface area contributed by atoms with Gasteiger partial charge in [-0.3, -0.25) is 39.7 Å². The number of carbonyl (C=O) groups is 4. The van der Waals surface area contributed by atoms with Gasteiger partial charge < -0.3 is 14.6 Å². The molecule has 2 heterocycles. The summed E-state index contributed by atoms with van der Waals surface area (Å²) >= 11 is 0. The Kier molecular flexibility index (Phi) is 6.23. The second kappa shape index (κ2) is 9.02. The smallest absolute Gasteiger partial charge is 0.311 e. The summed E-state index contributed by atoms with van der Waals surface area (Å²) in [7, 11) is 0. The van der Waals surface area contributed by atoms with Crippen LogP contribution in [-0.4, -0.2) is 51.9 Å². The highest BCUT2D eigenvalue weighted by Crippen LogP contribution is 2.18. The van der Waals surface area contributed by atoms with Gasteiger partial charge in [-0.2, -0.15) is 0 Å². The normalized spacial score (nSPS) is 15.5. The van der Waals surface area contributed by atoms with Gasteiger partial charge in [-0.15, -0.1) is 0 Å². The topological polar surface area (TPSA) is 174 Å². The van der Waals surface area contributed by atoms with Crippen LogP contribution in [0.1, 0.15) is 22.5 Å². The maximum absolute atomic E-state index is 12.2. The van der Waals surface area contributed by atoms with Crippen LogP contribution in [0.4, 0.5) is 11.5 Å². The zero-order chi connectivity index (χ0) is 22.5. The number of nitrogens with one attached hydrogen (secondary N) is 2. The van der Waals surface area contributed by atoms with Gasteiger partial charge in [-0.1, -0.05) is 5.16 Å². The number of hydrazine groups is 1. The average molecular weight is 431 g/mol. The molecule has 31 heavy (non-hydrogen) atoms. The lowest BCUT2D eigenvalue weighted by Crippen LogP contribution is -2.43. The van der Waals surface area contributed by atoms with Crippen molar-refractivity contribution in [1.82, 2.24) is 15.6 Å². The summed E-state index contributed by atoms with van der Waals surface area (Å²) in [6, 6.07) is 6.29. The predicted octanol–water partition coefficient (Wildman–Crippen LogP) is 0.566. The zero-order valence-electron chi connectivity index (χ0n) is 16.2. The maximum atomic E-state index is 12.2. The first-order valence-electron chi connectivity index (χ1n) is 8.98. The van der Waals surface area contributed by atoms with Crippen LogP contribution in [0.15, 0.2) is 34.9 Å². The summed E-state index contributed by atoms with van der Waals surface area (Å²) < 4.78 is 9.72. The predicted molar refractivity (Wildman–Crippen MR) is 101 cm³/mol. The minimum atomic E-state index is -0.869. The van der Waals surface area contributed by atoms with E-state index in [9.17, 15) is 29.3 Å². The first-order chi connectivity index (χ1) is 14.7. The number of aromatic nitrogens is 1. The Bertz CT molecular complexity index is 1030. The average Bonchev–Trinajstić information content (AvgIpc) is 3.31. The Morgan fingerprint density at radius 2 is 2.03 bits per heavy atom. The summed E-state index contributed by atoms with van der Waals surface area (Å²) in [5.74, 6) is -2.78. The molecule has 1 aliphatic heterocycles. The van der Waals surface area contributed by atoms with Crippen molar-refractivity contribution in [2.24, 2.45) is 5.92 Å². The van der Waals surface area contributed by atoms with E-state index in [1.54, 1.807) is 6.92 Å². The quantitative estimate of drug-likeness (QED) is 0.361. The number of amides is 3. The van der Waals surface area contributed by atoms with Crippen LogP contribution in [-0.2, 0) is 19.1 Å². The number of hydrogen-bond acceptors (Lipinski definition) is 9. The molecule has 1 aromatic carbocycles. The zero-order valence-corrected chi connectivity index (χ0v) is 16.2. The van der Waals surface area contributed by atoms with E-state index < -0.39 is 41.1 Å². The van der Waals surface area contributed by atoms with Gasteiger partial charge in [0.15, 0.2) is 12.4 Å². The monoisotopic (exact) mass is 431 g/mol. The second-order valence-electron chi connectivity index (χ2n) is 6.63. The minimum Gasteiger partial charge on any atom is -0.455 e. The molecule has 1 aromatic heterocycles. The number of nitro benzene ring substituents is 1. The maximum Gasteiger partial charge on any atom is 0.311 e. The number of benzene rings is 1. The molecule has 0 saturated carbocycles. The van der Waals surface area contributed by atoms with Gasteiger partial charge >= 0.3 is 5.97 Å². The molecule has 0 bridgehead atoms. The van der Waals surface area contributed by atoms with E-state index in [0.29, 0.717) is 5.76 Å². The molecule has 13 heteroatoms. The summed E-state index contributed by atoms with van der Waals surface area (Å²) in [6.07, 6.45) is -0.205. The third kappa shape index (κ3) is 5.41. The van der Waals surface area contributed by atoms with E-state index in [1.165, 1.54) is 18.2 Å². The highest BCUT2D eigenvalue weighted by molar-refractivity contribution is 5.97. The van der Waals surface area contributed by atoms with Crippen molar-refractivity contribution in [3.8, 4) is 0 Å². The van der Waals surface area contributed by atoms with E-state index in [4.69, 9.17) is 9.26 Å². The highest BCUT2D eigenvalue weighted by atomic mass is 16.6. The molecular formula is C18H17N5O8. The van der Waals surface area contributed by atoms with Crippen molar-refractivity contribution in [3.05, 3.63) is 51.8 Å². The van der Waals surface area contributed by atoms with Gasteiger partial charge in [0.25, 0.3) is 17.5 Å². The van der Waals surface area contributed by atoms with Crippen molar-refractivity contribution in [2.45, 2.75) is 13.3 Å². The summed E-state index contributed by atoms with van der Waals surface area (Å²) in [5.41, 5.74) is 2.27. The molecule has 0 unspecified atom stereocenters. The minimum absolute atomic E-state index is 0.101. The van der Waals surface area contributed by atoms with Crippen molar-refractivity contribution < 1.29 is 33.4 Å². The molecule has 13 nitrogen and oxygen atoms in total. The fourth-order valence-corrected chi connectivity index (χ4v) is 2.75. The Hall–Kier alpha value is -4.29. The molecule has 3 rings (SSSR count). The number of anilines is 1. The number of carbonyl (C=O) groups excluding carboxylic acids is 4. The molecule has 2 N–H and O–H groups in total. The first kappa shape index (κ1) is 21.4. The highest BCUT2D eigenvalue weighted by Gasteiger charge is 2.36. The largest absolute Gasteiger partial charge is 0.455 e. The number of nitrogens with zero attached hydrogens (tertiary/aromatic N) is 3. The third-order valence-corrected chi connectivity index (χ3v) is 4.28. The van der Waals surface area contributed by atoms with Gasteiger partial charge in [0.2, 0.25) is 5.91 Å². The lowest BCUT2D eigenvalue weighted by molar-refractivity contribution is -0.384. The molecule has 0 aliphatic carbocycles. The standard InChI is InChI=1S/C18H17N5O8/c1-10-6-14(21-31-10)19-15(24)9-30-18(27)12-7-16(25)22(8-12)20-17(26)11-2-4-13(5-3-11)23(28)29/h2-6,12H,7-9H2,1H3,(H,20,26)(H,19,21,24)/t12-/m1/s1. The molecule has 0 radical (unpaired) electrons. The van der Waals surface area contributed by atoms with Crippen LogP contribution in [0, 0.1) is 23.0 Å². The number of non-ortho nitro benzene ring substituents is 1. The Labute approximate surface area is 174 Å². The molecule has 0 spiro atoms. The van der Waals surface area contributed by atoms with Crippen LogP contribution < -0.4 is 10.7 Å². The number of nitro groups is 1. The van der Waals surface area contributed by atoms with Gasteiger partial charge in [0.05, 0.1) is 17.4 Å². The van der Waals surface area contributed by atoms with Gasteiger partial charge in [0, 0.05) is 30.2 Å². The molecule has 3 amide bonds. The van der Waals surface area contributed by atoms with E-state index in [1.807, 2.05) is 0 Å². The fourth-order valence-electron chi connectivity index (χ4n) is 2.75. The van der Waals surface area contributed by atoms with Crippen LogP contribution in [0.5, 0.6) is 0 Å². The Morgan fingerprint density at radius 1 is 1.32 bits per heavy atom. The number of hydrogen-bond donors (Lipinski definition) is 2. The molecule has 1 aliphatic rings. The Morgan fingerprint density at radius 3 is 2.65 bits per heavy atom. The lowest BCUT2D eigenvalue weighted by Gasteiger charge is -2.17. The van der Waals surface area contributed by atoms with Crippen LogP contribution >= 0.6 is 0 Å².